The molecule has 0 bridgehead atoms. The van der Waals surface area contributed by atoms with Crippen LogP contribution in [-0.2, 0) is 5.54 Å². The first-order valence-electron chi connectivity index (χ1n) is 5.85. The molecular formula is C13H17NO2. The van der Waals surface area contributed by atoms with Gasteiger partial charge in [-0.2, -0.15) is 0 Å². The molecule has 2 aliphatic rings. The summed E-state index contributed by atoms with van der Waals surface area (Å²) in [6.07, 6.45) is 2.43. The molecular weight excluding hydrogens is 202 g/mol. The number of hydrogen-bond donors (Lipinski definition) is 1. The molecule has 1 atom stereocenters. The summed E-state index contributed by atoms with van der Waals surface area (Å²) < 4.78 is 10.9. The topological polar surface area (TPSA) is 30.5 Å². The molecule has 86 valence electrons. The third kappa shape index (κ3) is 1.39. The molecule has 3 rings (SSSR count). The summed E-state index contributed by atoms with van der Waals surface area (Å²) in [7, 11) is 0. The number of fused-ring (bicyclic) bond motifs is 1. The van der Waals surface area contributed by atoms with Crippen molar-refractivity contribution in [3.63, 3.8) is 0 Å². The Kier molecular flexibility index (Phi) is 2.11. The summed E-state index contributed by atoms with van der Waals surface area (Å²) in [6, 6.07) is 4.33. The lowest BCUT2D eigenvalue weighted by Gasteiger charge is -2.25. The van der Waals surface area contributed by atoms with Crippen molar-refractivity contribution in [1.29, 1.82) is 0 Å². The molecule has 0 radical (unpaired) electrons. The predicted molar refractivity (Wildman–Crippen MR) is 61.9 cm³/mol. The number of rotatable bonds is 1. The summed E-state index contributed by atoms with van der Waals surface area (Å²) in [4.78, 5) is 0. The molecule has 0 spiro atoms. The van der Waals surface area contributed by atoms with Crippen molar-refractivity contribution in [2.24, 2.45) is 0 Å². The fraction of sp³-hybridized carbons (Fsp3) is 0.538. The quantitative estimate of drug-likeness (QED) is 0.786. The van der Waals surface area contributed by atoms with Gasteiger partial charge in [0.2, 0.25) is 6.79 Å². The molecule has 1 saturated heterocycles. The minimum absolute atomic E-state index is 0.103. The van der Waals surface area contributed by atoms with Crippen LogP contribution in [0.5, 0.6) is 11.5 Å². The highest BCUT2D eigenvalue weighted by Crippen LogP contribution is 2.40. The second-order valence-corrected chi connectivity index (χ2v) is 4.89. The molecule has 2 heterocycles. The van der Waals surface area contributed by atoms with Crippen LogP contribution >= 0.6 is 0 Å². The normalized spacial score (nSPS) is 27.4. The van der Waals surface area contributed by atoms with Gasteiger partial charge in [-0.1, -0.05) is 6.07 Å². The molecule has 3 heteroatoms. The molecule has 0 amide bonds. The van der Waals surface area contributed by atoms with Crippen LogP contribution in [0.2, 0.25) is 0 Å². The summed E-state index contributed by atoms with van der Waals surface area (Å²) >= 11 is 0. The van der Waals surface area contributed by atoms with Gasteiger partial charge in [0.15, 0.2) is 11.5 Å². The number of nitrogens with one attached hydrogen (secondary N) is 1. The van der Waals surface area contributed by atoms with Gasteiger partial charge in [-0.15, -0.1) is 0 Å². The first-order valence-corrected chi connectivity index (χ1v) is 5.85. The Morgan fingerprint density at radius 2 is 2.19 bits per heavy atom. The molecule has 0 saturated carbocycles. The van der Waals surface area contributed by atoms with Crippen molar-refractivity contribution < 1.29 is 9.47 Å². The Hall–Kier alpha value is -1.22. The van der Waals surface area contributed by atoms with Gasteiger partial charge in [-0.05, 0) is 50.4 Å². The molecule has 1 fully saturated rings. The van der Waals surface area contributed by atoms with E-state index in [4.69, 9.17) is 9.47 Å². The Morgan fingerprint density at radius 3 is 2.94 bits per heavy atom. The second kappa shape index (κ2) is 3.39. The van der Waals surface area contributed by atoms with E-state index in [0.717, 1.165) is 18.0 Å². The molecule has 16 heavy (non-hydrogen) atoms. The number of benzene rings is 1. The molecule has 0 aromatic heterocycles. The van der Waals surface area contributed by atoms with E-state index in [1.165, 1.54) is 24.0 Å². The van der Waals surface area contributed by atoms with Crippen LogP contribution in [0.3, 0.4) is 0 Å². The maximum atomic E-state index is 5.47. The zero-order valence-corrected chi connectivity index (χ0v) is 9.80. The Bertz CT molecular complexity index is 422. The minimum atomic E-state index is 0.103. The molecule has 1 unspecified atom stereocenters. The first-order chi connectivity index (χ1) is 7.69. The van der Waals surface area contributed by atoms with Crippen LogP contribution in [0.15, 0.2) is 12.1 Å². The second-order valence-electron chi connectivity index (χ2n) is 4.89. The monoisotopic (exact) mass is 219 g/mol. The molecule has 1 aromatic carbocycles. The van der Waals surface area contributed by atoms with E-state index >= 15 is 0 Å². The van der Waals surface area contributed by atoms with Crippen LogP contribution in [0.1, 0.15) is 30.9 Å². The van der Waals surface area contributed by atoms with E-state index in [1.54, 1.807) is 0 Å². The average molecular weight is 219 g/mol. The van der Waals surface area contributed by atoms with E-state index < -0.39 is 0 Å². The van der Waals surface area contributed by atoms with Crippen LogP contribution < -0.4 is 14.8 Å². The third-order valence-electron chi connectivity index (χ3n) is 3.66. The van der Waals surface area contributed by atoms with Gasteiger partial charge in [0.05, 0.1) is 0 Å². The van der Waals surface area contributed by atoms with Crippen LogP contribution in [0.25, 0.3) is 0 Å². The van der Waals surface area contributed by atoms with Crippen LogP contribution in [0.4, 0.5) is 0 Å². The van der Waals surface area contributed by atoms with Crippen molar-refractivity contribution in [3.05, 3.63) is 23.3 Å². The highest BCUT2D eigenvalue weighted by atomic mass is 16.7. The number of hydrogen-bond acceptors (Lipinski definition) is 3. The highest BCUT2D eigenvalue weighted by Gasteiger charge is 2.32. The largest absolute Gasteiger partial charge is 0.454 e. The van der Waals surface area contributed by atoms with Gasteiger partial charge in [0, 0.05) is 5.54 Å². The summed E-state index contributed by atoms with van der Waals surface area (Å²) in [5.74, 6) is 1.80. The molecule has 1 aromatic rings. The lowest BCUT2D eigenvalue weighted by Crippen LogP contribution is -2.33. The third-order valence-corrected chi connectivity index (χ3v) is 3.66. The van der Waals surface area contributed by atoms with Crippen LogP contribution in [0, 0.1) is 6.92 Å². The van der Waals surface area contributed by atoms with E-state index in [-0.39, 0.29) is 5.54 Å². The van der Waals surface area contributed by atoms with Gasteiger partial charge in [-0.3, -0.25) is 0 Å². The van der Waals surface area contributed by atoms with Gasteiger partial charge < -0.3 is 14.8 Å². The van der Waals surface area contributed by atoms with Crippen molar-refractivity contribution in [3.8, 4) is 11.5 Å². The minimum Gasteiger partial charge on any atom is -0.454 e. The van der Waals surface area contributed by atoms with Gasteiger partial charge in [-0.25, -0.2) is 0 Å². The zero-order chi connectivity index (χ0) is 11.2. The summed E-state index contributed by atoms with van der Waals surface area (Å²) in [5, 5.41) is 3.57. The number of ether oxygens (including phenoxy) is 2. The maximum absolute atomic E-state index is 5.47. The van der Waals surface area contributed by atoms with Crippen molar-refractivity contribution >= 4 is 0 Å². The van der Waals surface area contributed by atoms with Gasteiger partial charge in [0.1, 0.15) is 0 Å². The first kappa shape index (κ1) is 9.97. The van der Waals surface area contributed by atoms with Crippen molar-refractivity contribution in [2.75, 3.05) is 13.3 Å². The van der Waals surface area contributed by atoms with Crippen molar-refractivity contribution in [2.45, 2.75) is 32.2 Å². The van der Waals surface area contributed by atoms with Gasteiger partial charge in [0.25, 0.3) is 0 Å². The molecule has 3 nitrogen and oxygen atoms in total. The molecule has 0 aliphatic carbocycles. The predicted octanol–water partition coefficient (Wildman–Crippen LogP) is 2.32. The zero-order valence-electron chi connectivity index (χ0n) is 9.80. The Morgan fingerprint density at radius 1 is 1.31 bits per heavy atom. The molecule has 1 N–H and O–H groups in total. The lowest BCUT2D eigenvalue weighted by atomic mass is 9.89. The fourth-order valence-electron chi connectivity index (χ4n) is 2.65. The van der Waals surface area contributed by atoms with Gasteiger partial charge >= 0.3 is 0 Å². The van der Waals surface area contributed by atoms with E-state index in [9.17, 15) is 0 Å². The summed E-state index contributed by atoms with van der Waals surface area (Å²) in [5.41, 5.74) is 2.58. The SMILES string of the molecule is Cc1cc(C2(C)CCCN2)cc2c1OCO2. The Labute approximate surface area is 95.8 Å². The Balaban J connectivity index is 2.05. The van der Waals surface area contributed by atoms with Crippen LogP contribution in [-0.4, -0.2) is 13.3 Å². The van der Waals surface area contributed by atoms with E-state index in [2.05, 4.69) is 31.3 Å². The standard InChI is InChI=1S/C13H17NO2/c1-9-6-10(13(2)4-3-5-14-13)7-11-12(9)16-8-15-11/h6-7,14H,3-5,8H2,1-2H3. The van der Waals surface area contributed by atoms with E-state index in [1.807, 2.05) is 0 Å². The maximum Gasteiger partial charge on any atom is 0.231 e. The van der Waals surface area contributed by atoms with E-state index in [0.29, 0.717) is 6.79 Å². The van der Waals surface area contributed by atoms with Crippen molar-refractivity contribution in [1.82, 2.24) is 5.32 Å². The summed E-state index contributed by atoms with van der Waals surface area (Å²) in [6.45, 7) is 5.79. The fourth-order valence-corrected chi connectivity index (χ4v) is 2.65. The number of aryl methyl sites for hydroxylation is 1. The molecule has 2 aliphatic heterocycles. The smallest absolute Gasteiger partial charge is 0.231 e. The highest BCUT2D eigenvalue weighted by molar-refractivity contribution is 5.51. The average Bonchev–Trinajstić information content (AvgIpc) is 2.86. The lowest BCUT2D eigenvalue weighted by molar-refractivity contribution is 0.173.